The van der Waals surface area contributed by atoms with E-state index in [9.17, 15) is 0 Å². The van der Waals surface area contributed by atoms with Gasteiger partial charge >= 0.3 is 0 Å². The minimum Gasteiger partial charge on any atom is -0.0590 e. The molecule has 0 N–H and O–H groups in total. The summed E-state index contributed by atoms with van der Waals surface area (Å²) in [6, 6.07) is 6.62. The molecule has 0 saturated heterocycles. The SMILES string of the molecule is Cc1ccc(C)c(/C=C/c2c(C)c(C)c(C)c(C)c2C)c1. The lowest BCUT2D eigenvalue weighted by molar-refractivity contribution is 1.16. The Morgan fingerprint density at radius 2 is 1.14 bits per heavy atom. The first kappa shape index (κ1) is 15.6. The standard InChI is InChI=1S/C21H26/c1-13-8-9-14(2)20(12-13)10-11-21-18(6)16(4)15(3)17(5)19(21)7/h8-12H,1-7H3/b11-10+. The van der Waals surface area contributed by atoms with Crippen LogP contribution in [0.5, 0.6) is 0 Å². The number of hydrogen-bond acceptors (Lipinski definition) is 0. The molecule has 0 heteroatoms. The molecule has 2 aromatic rings. The molecule has 0 atom stereocenters. The third-order valence-corrected chi connectivity index (χ3v) is 4.92. The first-order chi connectivity index (χ1) is 9.82. The first-order valence-electron chi connectivity index (χ1n) is 7.65. The third kappa shape index (κ3) is 2.95. The molecule has 0 heterocycles. The molecule has 2 aromatic carbocycles. The lowest BCUT2D eigenvalue weighted by Crippen LogP contribution is -1.99. The first-order valence-corrected chi connectivity index (χ1v) is 7.65. The van der Waals surface area contributed by atoms with Gasteiger partial charge in [-0.3, -0.25) is 0 Å². The largest absolute Gasteiger partial charge is 0.0590 e. The van der Waals surface area contributed by atoms with Crippen LogP contribution in [0.2, 0.25) is 0 Å². The van der Waals surface area contributed by atoms with Gasteiger partial charge in [0.2, 0.25) is 0 Å². The molecule has 0 radical (unpaired) electrons. The van der Waals surface area contributed by atoms with Crippen molar-refractivity contribution in [1.82, 2.24) is 0 Å². The number of rotatable bonds is 2. The minimum absolute atomic E-state index is 1.31. The monoisotopic (exact) mass is 278 g/mol. The zero-order chi connectivity index (χ0) is 15.7. The molecule has 0 aliphatic heterocycles. The zero-order valence-electron chi connectivity index (χ0n) is 14.4. The van der Waals surface area contributed by atoms with Crippen LogP contribution in [-0.2, 0) is 0 Å². The molecule has 0 aliphatic carbocycles. The predicted molar refractivity (Wildman–Crippen MR) is 95.0 cm³/mol. The van der Waals surface area contributed by atoms with Crippen molar-refractivity contribution in [2.45, 2.75) is 48.5 Å². The summed E-state index contributed by atoms with van der Waals surface area (Å²) in [7, 11) is 0. The lowest BCUT2D eigenvalue weighted by atomic mass is 9.89. The van der Waals surface area contributed by atoms with Crippen LogP contribution in [-0.4, -0.2) is 0 Å². The normalized spacial score (nSPS) is 11.4. The van der Waals surface area contributed by atoms with Crippen molar-refractivity contribution in [1.29, 1.82) is 0 Å². The molecule has 0 bridgehead atoms. The van der Waals surface area contributed by atoms with E-state index in [-0.39, 0.29) is 0 Å². The molecular weight excluding hydrogens is 252 g/mol. The van der Waals surface area contributed by atoms with E-state index in [1.165, 1.54) is 50.1 Å². The van der Waals surface area contributed by atoms with Crippen molar-refractivity contribution in [3.63, 3.8) is 0 Å². The second-order valence-electron chi connectivity index (χ2n) is 6.23. The van der Waals surface area contributed by atoms with Gasteiger partial charge in [-0.15, -0.1) is 0 Å². The Labute approximate surface area is 129 Å². The second kappa shape index (κ2) is 5.89. The van der Waals surface area contributed by atoms with Crippen LogP contribution in [0.3, 0.4) is 0 Å². The van der Waals surface area contributed by atoms with Gasteiger partial charge in [0.05, 0.1) is 0 Å². The zero-order valence-corrected chi connectivity index (χ0v) is 14.4. The lowest BCUT2D eigenvalue weighted by Gasteiger charge is -2.16. The van der Waals surface area contributed by atoms with Gasteiger partial charge in [-0.05, 0) is 93.0 Å². The molecular formula is C21H26. The summed E-state index contributed by atoms with van der Waals surface area (Å²) in [4.78, 5) is 0. The molecule has 0 spiro atoms. The van der Waals surface area contributed by atoms with Gasteiger partial charge in [-0.2, -0.15) is 0 Å². The van der Waals surface area contributed by atoms with E-state index in [0.29, 0.717) is 0 Å². The van der Waals surface area contributed by atoms with Crippen molar-refractivity contribution < 1.29 is 0 Å². The third-order valence-electron chi connectivity index (χ3n) is 4.92. The van der Waals surface area contributed by atoms with Crippen LogP contribution in [0.4, 0.5) is 0 Å². The summed E-state index contributed by atoms with van der Waals surface area (Å²) in [6.07, 6.45) is 4.54. The van der Waals surface area contributed by atoms with Crippen molar-refractivity contribution >= 4 is 12.2 Å². The molecule has 2 rings (SSSR count). The summed E-state index contributed by atoms with van der Waals surface area (Å²) >= 11 is 0. The van der Waals surface area contributed by atoms with Gasteiger partial charge in [0.25, 0.3) is 0 Å². The van der Waals surface area contributed by atoms with Crippen molar-refractivity contribution in [3.8, 4) is 0 Å². The van der Waals surface area contributed by atoms with Crippen molar-refractivity contribution in [2.75, 3.05) is 0 Å². The van der Waals surface area contributed by atoms with Gasteiger partial charge in [0.1, 0.15) is 0 Å². The topological polar surface area (TPSA) is 0 Å². The highest BCUT2D eigenvalue weighted by Gasteiger charge is 2.10. The highest BCUT2D eigenvalue weighted by Crippen LogP contribution is 2.27. The van der Waals surface area contributed by atoms with Crippen molar-refractivity contribution in [2.24, 2.45) is 0 Å². The van der Waals surface area contributed by atoms with E-state index in [1.807, 2.05) is 0 Å². The van der Waals surface area contributed by atoms with E-state index in [0.717, 1.165) is 0 Å². The summed E-state index contributed by atoms with van der Waals surface area (Å²) in [5, 5.41) is 0. The Morgan fingerprint density at radius 3 is 1.71 bits per heavy atom. The average Bonchev–Trinajstić information content (AvgIpc) is 2.46. The van der Waals surface area contributed by atoms with Gasteiger partial charge in [0, 0.05) is 0 Å². The van der Waals surface area contributed by atoms with Crippen LogP contribution >= 0.6 is 0 Å². The van der Waals surface area contributed by atoms with E-state index in [2.05, 4.69) is 78.8 Å². The minimum atomic E-state index is 1.31. The quantitative estimate of drug-likeness (QED) is 0.590. The van der Waals surface area contributed by atoms with Crippen LogP contribution < -0.4 is 0 Å². The van der Waals surface area contributed by atoms with Gasteiger partial charge in [-0.1, -0.05) is 35.9 Å². The predicted octanol–water partition coefficient (Wildman–Crippen LogP) is 6.02. The average molecular weight is 278 g/mol. The number of hydrogen-bond donors (Lipinski definition) is 0. The molecule has 0 aromatic heterocycles. The Balaban J connectivity index is 2.54. The molecule has 21 heavy (non-hydrogen) atoms. The number of aryl methyl sites for hydroxylation is 2. The fourth-order valence-corrected chi connectivity index (χ4v) is 2.89. The maximum absolute atomic E-state index is 2.28. The van der Waals surface area contributed by atoms with Crippen LogP contribution in [0.1, 0.15) is 50.1 Å². The highest BCUT2D eigenvalue weighted by molar-refractivity contribution is 5.75. The van der Waals surface area contributed by atoms with Gasteiger partial charge < -0.3 is 0 Å². The van der Waals surface area contributed by atoms with Gasteiger partial charge in [0.15, 0.2) is 0 Å². The molecule has 110 valence electrons. The van der Waals surface area contributed by atoms with E-state index < -0.39 is 0 Å². The summed E-state index contributed by atoms with van der Waals surface area (Å²) in [5.74, 6) is 0. The fourth-order valence-electron chi connectivity index (χ4n) is 2.89. The maximum atomic E-state index is 2.28. The van der Waals surface area contributed by atoms with E-state index in [4.69, 9.17) is 0 Å². The molecule has 0 amide bonds. The molecule has 0 unspecified atom stereocenters. The maximum Gasteiger partial charge on any atom is -0.0192 e. The summed E-state index contributed by atoms with van der Waals surface area (Å²) in [6.45, 7) is 15.5. The molecule has 0 fully saturated rings. The second-order valence-corrected chi connectivity index (χ2v) is 6.23. The van der Waals surface area contributed by atoms with Crippen LogP contribution in [0, 0.1) is 48.5 Å². The number of benzene rings is 2. The van der Waals surface area contributed by atoms with Gasteiger partial charge in [-0.25, -0.2) is 0 Å². The highest BCUT2D eigenvalue weighted by atomic mass is 14.1. The van der Waals surface area contributed by atoms with E-state index in [1.54, 1.807) is 0 Å². The molecule has 0 aliphatic rings. The summed E-state index contributed by atoms with van der Waals surface area (Å²) in [5.41, 5.74) is 12.4. The summed E-state index contributed by atoms with van der Waals surface area (Å²) < 4.78 is 0. The van der Waals surface area contributed by atoms with Crippen LogP contribution in [0.25, 0.3) is 12.2 Å². The molecule has 0 nitrogen and oxygen atoms in total. The Hall–Kier alpha value is -1.82. The Kier molecular flexibility index (Phi) is 4.37. The smallest absolute Gasteiger partial charge is 0.0192 e. The van der Waals surface area contributed by atoms with Crippen molar-refractivity contribution in [3.05, 3.63) is 68.3 Å². The Morgan fingerprint density at radius 1 is 0.619 bits per heavy atom. The van der Waals surface area contributed by atoms with E-state index >= 15 is 0 Å². The molecule has 0 saturated carbocycles. The Bertz CT molecular complexity index is 686. The fraction of sp³-hybridized carbons (Fsp3) is 0.333. The van der Waals surface area contributed by atoms with Crippen LogP contribution in [0.15, 0.2) is 18.2 Å².